The molecule has 5 nitrogen and oxygen atoms in total. The molecular formula is C17H18ClN3O2. The first kappa shape index (κ1) is 15.5. The third-order valence-electron chi connectivity index (χ3n) is 3.38. The topological polar surface area (TPSA) is 69.9 Å². The molecule has 6 heteroatoms. The van der Waals surface area contributed by atoms with Crippen molar-refractivity contribution in [2.24, 2.45) is 0 Å². The van der Waals surface area contributed by atoms with Gasteiger partial charge in [0, 0.05) is 22.8 Å². The molecule has 3 rings (SSSR count). The summed E-state index contributed by atoms with van der Waals surface area (Å²) in [6.45, 7) is 4.55. The summed E-state index contributed by atoms with van der Waals surface area (Å²) >= 11 is 6.09. The van der Waals surface area contributed by atoms with E-state index < -0.39 is 0 Å². The van der Waals surface area contributed by atoms with E-state index in [0.717, 1.165) is 28.0 Å². The number of nitrogens with one attached hydrogen (secondary N) is 3. The molecule has 0 unspecified atom stereocenters. The zero-order chi connectivity index (χ0) is 16.4. The largest absolute Gasteiger partial charge is 0.491 e. The predicted molar refractivity (Wildman–Crippen MR) is 93.5 cm³/mol. The van der Waals surface area contributed by atoms with Crippen molar-refractivity contribution in [1.82, 2.24) is 9.97 Å². The number of H-pyrrole nitrogens is 2. The van der Waals surface area contributed by atoms with E-state index in [0.29, 0.717) is 11.6 Å². The number of fused-ring (bicyclic) bond motifs is 1. The lowest BCUT2D eigenvalue weighted by atomic mass is 10.2. The quantitative estimate of drug-likeness (QED) is 0.664. The second kappa shape index (κ2) is 6.38. The lowest BCUT2D eigenvalue weighted by molar-refractivity contribution is 0.240. The molecule has 2 aromatic carbocycles. The first-order valence-corrected chi connectivity index (χ1v) is 7.80. The number of anilines is 1. The minimum absolute atomic E-state index is 0.0937. The number of hydrogen-bond donors (Lipinski definition) is 3. The third kappa shape index (κ3) is 3.68. The molecule has 0 saturated carbocycles. The second-order valence-corrected chi connectivity index (χ2v) is 6.05. The summed E-state index contributed by atoms with van der Waals surface area (Å²) in [7, 11) is 0. The molecule has 0 radical (unpaired) electrons. The second-order valence-electron chi connectivity index (χ2n) is 5.61. The fourth-order valence-corrected chi connectivity index (χ4v) is 2.59. The van der Waals surface area contributed by atoms with Crippen molar-refractivity contribution in [1.29, 1.82) is 0 Å². The van der Waals surface area contributed by atoms with Crippen LogP contribution in [0.5, 0.6) is 5.75 Å². The lowest BCUT2D eigenvalue weighted by Gasteiger charge is -2.15. The number of hydrogen-bond acceptors (Lipinski definition) is 3. The maximum Gasteiger partial charge on any atom is 0.323 e. The van der Waals surface area contributed by atoms with Crippen LogP contribution in [0.25, 0.3) is 11.0 Å². The summed E-state index contributed by atoms with van der Waals surface area (Å²) in [4.78, 5) is 16.8. The monoisotopic (exact) mass is 331 g/mol. The molecule has 1 aromatic heterocycles. The number of rotatable bonds is 5. The highest BCUT2D eigenvalue weighted by Gasteiger charge is 2.07. The Labute approximate surface area is 138 Å². The molecule has 0 amide bonds. The lowest BCUT2D eigenvalue weighted by Crippen LogP contribution is -2.09. The Morgan fingerprint density at radius 3 is 2.70 bits per heavy atom. The van der Waals surface area contributed by atoms with Gasteiger partial charge in [-0.05, 0) is 50.2 Å². The van der Waals surface area contributed by atoms with Crippen LogP contribution in [0, 0.1) is 0 Å². The average molecular weight is 332 g/mol. The van der Waals surface area contributed by atoms with Crippen LogP contribution in [0.3, 0.4) is 0 Å². The summed E-state index contributed by atoms with van der Waals surface area (Å²) in [5.74, 6) is 0.813. The highest BCUT2D eigenvalue weighted by molar-refractivity contribution is 6.30. The molecule has 0 bridgehead atoms. The number of imidazole rings is 1. The Kier molecular flexibility index (Phi) is 4.30. The first-order chi connectivity index (χ1) is 11.0. The number of halogens is 1. The molecule has 1 heterocycles. The van der Waals surface area contributed by atoms with Gasteiger partial charge in [0.2, 0.25) is 0 Å². The van der Waals surface area contributed by atoms with E-state index >= 15 is 0 Å². The van der Waals surface area contributed by atoms with E-state index in [-0.39, 0.29) is 11.8 Å². The van der Waals surface area contributed by atoms with E-state index in [1.165, 1.54) is 0 Å². The van der Waals surface area contributed by atoms with Gasteiger partial charge in [-0.2, -0.15) is 0 Å². The smallest absolute Gasteiger partial charge is 0.323 e. The van der Waals surface area contributed by atoms with Gasteiger partial charge < -0.3 is 20.0 Å². The fourth-order valence-electron chi connectivity index (χ4n) is 2.39. The summed E-state index contributed by atoms with van der Waals surface area (Å²) in [6.07, 6.45) is 0.0937. The van der Waals surface area contributed by atoms with Gasteiger partial charge in [0.05, 0.1) is 17.1 Å². The molecule has 23 heavy (non-hydrogen) atoms. The van der Waals surface area contributed by atoms with Crippen molar-refractivity contribution in [3.05, 3.63) is 57.5 Å². The summed E-state index contributed by atoms with van der Waals surface area (Å²) in [5.41, 5.74) is 3.23. The van der Waals surface area contributed by atoms with Crippen molar-refractivity contribution in [2.45, 2.75) is 26.5 Å². The summed E-state index contributed by atoms with van der Waals surface area (Å²) in [5, 5.41) is 4.00. The maximum atomic E-state index is 11.3. The highest BCUT2D eigenvalue weighted by atomic mass is 35.5. The normalized spacial score (nSPS) is 11.1. The fraction of sp³-hybridized carbons (Fsp3) is 0.235. The SMILES string of the molecule is CC(C)Oc1ccc(Cl)cc1CNc1ccc2[nH]c(=O)[nH]c2c1. The van der Waals surface area contributed by atoms with Gasteiger partial charge in [0.25, 0.3) is 0 Å². The number of ether oxygens (including phenoxy) is 1. The van der Waals surface area contributed by atoms with Crippen LogP contribution >= 0.6 is 11.6 Å². The van der Waals surface area contributed by atoms with Crippen molar-refractivity contribution >= 4 is 28.3 Å². The van der Waals surface area contributed by atoms with Crippen molar-refractivity contribution in [3.8, 4) is 5.75 Å². The molecule has 0 saturated heterocycles. The van der Waals surface area contributed by atoms with Gasteiger partial charge in [-0.1, -0.05) is 11.6 Å². The number of benzene rings is 2. The maximum absolute atomic E-state index is 11.3. The molecule has 0 aliphatic rings. The Morgan fingerprint density at radius 1 is 1.13 bits per heavy atom. The standard InChI is InChI=1S/C17H18ClN3O2/c1-10(2)23-16-6-3-12(18)7-11(16)9-19-13-4-5-14-15(8-13)21-17(22)20-14/h3-8,10,19H,9H2,1-2H3,(H2,20,21,22). The molecule has 0 spiro atoms. The third-order valence-corrected chi connectivity index (χ3v) is 3.62. The van der Waals surface area contributed by atoms with Crippen LogP contribution in [-0.4, -0.2) is 16.1 Å². The molecule has 0 aliphatic heterocycles. The van der Waals surface area contributed by atoms with Gasteiger partial charge in [-0.15, -0.1) is 0 Å². The van der Waals surface area contributed by atoms with Crippen molar-refractivity contribution in [2.75, 3.05) is 5.32 Å². The zero-order valence-electron chi connectivity index (χ0n) is 12.9. The molecule has 0 atom stereocenters. The van der Waals surface area contributed by atoms with Gasteiger partial charge in [0.1, 0.15) is 5.75 Å². The predicted octanol–water partition coefficient (Wildman–Crippen LogP) is 3.91. The van der Waals surface area contributed by atoms with E-state index in [4.69, 9.17) is 16.3 Å². The summed E-state index contributed by atoms with van der Waals surface area (Å²) in [6, 6.07) is 11.3. The van der Waals surface area contributed by atoms with Gasteiger partial charge in [0.15, 0.2) is 0 Å². The average Bonchev–Trinajstić information content (AvgIpc) is 2.86. The van der Waals surface area contributed by atoms with Crippen LogP contribution in [0.15, 0.2) is 41.2 Å². The van der Waals surface area contributed by atoms with Crippen LogP contribution in [-0.2, 0) is 6.54 Å². The minimum Gasteiger partial charge on any atom is -0.491 e. The van der Waals surface area contributed by atoms with Crippen molar-refractivity contribution < 1.29 is 4.74 Å². The zero-order valence-corrected chi connectivity index (χ0v) is 13.7. The van der Waals surface area contributed by atoms with E-state index in [1.54, 1.807) is 0 Å². The molecular weight excluding hydrogens is 314 g/mol. The van der Waals surface area contributed by atoms with Crippen LogP contribution in [0.1, 0.15) is 19.4 Å². The molecule has 3 N–H and O–H groups in total. The van der Waals surface area contributed by atoms with E-state index in [2.05, 4.69) is 15.3 Å². The van der Waals surface area contributed by atoms with Crippen LogP contribution in [0.4, 0.5) is 5.69 Å². The van der Waals surface area contributed by atoms with Gasteiger partial charge >= 0.3 is 5.69 Å². The Balaban J connectivity index is 1.80. The Bertz CT molecular complexity index is 883. The first-order valence-electron chi connectivity index (χ1n) is 7.42. The molecule has 0 fully saturated rings. The van der Waals surface area contributed by atoms with Crippen LogP contribution in [0.2, 0.25) is 5.02 Å². The van der Waals surface area contributed by atoms with Gasteiger partial charge in [-0.25, -0.2) is 4.79 Å². The van der Waals surface area contributed by atoms with Gasteiger partial charge in [-0.3, -0.25) is 0 Å². The summed E-state index contributed by atoms with van der Waals surface area (Å²) < 4.78 is 5.81. The molecule has 3 aromatic rings. The van der Waals surface area contributed by atoms with E-state index in [1.807, 2.05) is 50.2 Å². The number of aromatic nitrogens is 2. The molecule has 0 aliphatic carbocycles. The molecule has 120 valence electrons. The Morgan fingerprint density at radius 2 is 1.91 bits per heavy atom. The minimum atomic E-state index is -0.209. The van der Waals surface area contributed by atoms with Crippen LogP contribution < -0.4 is 15.7 Å². The van der Waals surface area contributed by atoms with E-state index in [9.17, 15) is 4.79 Å². The highest BCUT2D eigenvalue weighted by Crippen LogP contribution is 2.25. The van der Waals surface area contributed by atoms with Crippen molar-refractivity contribution in [3.63, 3.8) is 0 Å². The number of aromatic amines is 2. The Hall–Kier alpha value is -2.40.